The Morgan fingerprint density at radius 3 is 2.76 bits per heavy atom. The van der Waals surface area contributed by atoms with E-state index in [4.69, 9.17) is 11.0 Å². The molecule has 0 bridgehead atoms. The molecule has 0 spiro atoms. The molecule has 0 fully saturated rings. The molecule has 0 aliphatic heterocycles. The third-order valence-electron chi connectivity index (χ3n) is 2.66. The van der Waals surface area contributed by atoms with Crippen molar-refractivity contribution in [2.75, 3.05) is 17.7 Å². The predicted octanol–water partition coefficient (Wildman–Crippen LogP) is 1.92. The van der Waals surface area contributed by atoms with Crippen molar-refractivity contribution in [3.63, 3.8) is 0 Å². The minimum atomic E-state index is -0.516. The standard InChI is InChI=1S/C11H14N4O2/c1-8(5-6-12)14(2)9-3-4-11(15(16)17)10(13)7-9/h3-4,7-8H,5,13H2,1-2H3. The molecule has 90 valence electrons. The van der Waals surface area contributed by atoms with Gasteiger partial charge < -0.3 is 10.6 Å². The lowest BCUT2D eigenvalue weighted by atomic mass is 10.1. The number of nitro groups is 1. The zero-order valence-corrected chi connectivity index (χ0v) is 9.75. The van der Waals surface area contributed by atoms with Gasteiger partial charge in [-0.3, -0.25) is 10.1 Å². The second-order valence-corrected chi connectivity index (χ2v) is 3.82. The molecule has 17 heavy (non-hydrogen) atoms. The highest BCUT2D eigenvalue weighted by atomic mass is 16.6. The first-order valence-corrected chi connectivity index (χ1v) is 5.11. The van der Waals surface area contributed by atoms with Crippen LogP contribution in [-0.2, 0) is 0 Å². The van der Waals surface area contributed by atoms with Crippen LogP contribution in [0.1, 0.15) is 13.3 Å². The number of nitrogens with zero attached hydrogens (tertiary/aromatic N) is 3. The average Bonchev–Trinajstić information content (AvgIpc) is 2.27. The van der Waals surface area contributed by atoms with Crippen LogP contribution in [0.4, 0.5) is 17.1 Å². The third-order valence-corrected chi connectivity index (χ3v) is 2.66. The maximum Gasteiger partial charge on any atom is 0.292 e. The summed E-state index contributed by atoms with van der Waals surface area (Å²) in [4.78, 5) is 12.0. The van der Waals surface area contributed by atoms with Gasteiger partial charge in [0.2, 0.25) is 0 Å². The summed E-state index contributed by atoms with van der Waals surface area (Å²) < 4.78 is 0. The fourth-order valence-corrected chi connectivity index (χ4v) is 1.45. The zero-order chi connectivity index (χ0) is 13.0. The summed E-state index contributed by atoms with van der Waals surface area (Å²) in [6.45, 7) is 1.90. The Kier molecular flexibility index (Phi) is 3.88. The van der Waals surface area contributed by atoms with Crippen molar-refractivity contribution in [1.29, 1.82) is 5.26 Å². The predicted molar refractivity (Wildman–Crippen MR) is 65.6 cm³/mol. The number of nitro benzene ring substituents is 1. The molecule has 0 saturated carbocycles. The molecule has 1 rings (SSSR count). The highest BCUT2D eigenvalue weighted by molar-refractivity contribution is 5.66. The van der Waals surface area contributed by atoms with E-state index in [2.05, 4.69) is 6.07 Å². The van der Waals surface area contributed by atoms with Gasteiger partial charge in [0.05, 0.1) is 17.4 Å². The number of benzene rings is 1. The van der Waals surface area contributed by atoms with Gasteiger partial charge in [0.15, 0.2) is 0 Å². The van der Waals surface area contributed by atoms with Gasteiger partial charge in [0.1, 0.15) is 5.69 Å². The lowest BCUT2D eigenvalue weighted by Crippen LogP contribution is -2.28. The first-order chi connectivity index (χ1) is 7.97. The summed E-state index contributed by atoms with van der Waals surface area (Å²) in [6.07, 6.45) is 0.382. The molecule has 0 aromatic heterocycles. The Hall–Kier alpha value is -2.29. The van der Waals surface area contributed by atoms with Crippen molar-refractivity contribution < 1.29 is 4.92 Å². The van der Waals surface area contributed by atoms with E-state index in [0.29, 0.717) is 6.42 Å². The summed E-state index contributed by atoms with van der Waals surface area (Å²) >= 11 is 0. The summed E-state index contributed by atoms with van der Waals surface area (Å²) in [5.74, 6) is 0. The number of rotatable bonds is 4. The lowest BCUT2D eigenvalue weighted by Gasteiger charge is -2.25. The maximum absolute atomic E-state index is 10.6. The highest BCUT2D eigenvalue weighted by Gasteiger charge is 2.15. The van der Waals surface area contributed by atoms with E-state index in [1.807, 2.05) is 18.9 Å². The van der Waals surface area contributed by atoms with E-state index < -0.39 is 4.92 Å². The van der Waals surface area contributed by atoms with Crippen LogP contribution in [0, 0.1) is 21.4 Å². The monoisotopic (exact) mass is 234 g/mol. The van der Waals surface area contributed by atoms with Crippen LogP contribution >= 0.6 is 0 Å². The molecule has 0 aliphatic rings. The number of anilines is 2. The van der Waals surface area contributed by atoms with Crippen molar-refractivity contribution in [2.24, 2.45) is 0 Å². The summed E-state index contributed by atoms with van der Waals surface area (Å²) in [5, 5.41) is 19.2. The topological polar surface area (TPSA) is 96.2 Å². The number of nitriles is 1. The highest BCUT2D eigenvalue weighted by Crippen LogP contribution is 2.27. The van der Waals surface area contributed by atoms with Gasteiger partial charge >= 0.3 is 0 Å². The molecular weight excluding hydrogens is 220 g/mol. The minimum absolute atomic E-state index is 0.0286. The van der Waals surface area contributed by atoms with E-state index in [0.717, 1.165) is 5.69 Å². The van der Waals surface area contributed by atoms with Crippen molar-refractivity contribution in [2.45, 2.75) is 19.4 Å². The fraction of sp³-hybridized carbons (Fsp3) is 0.364. The van der Waals surface area contributed by atoms with Crippen LogP contribution in [0.15, 0.2) is 18.2 Å². The van der Waals surface area contributed by atoms with Crippen molar-refractivity contribution >= 4 is 17.1 Å². The normalized spacial score (nSPS) is 11.6. The van der Waals surface area contributed by atoms with Gasteiger partial charge in [-0.1, -0.05) is 0 Å². The van der Waals surface area contributed by atoms with E-state index in [1.165, 1.54) is 6.07 Å². The van der Waals surface area contributed by atoms with Gasteiger partial charge in [-0.05, 0) is 19.1 Å². The average molecular weight is 234 g/mol. The van der Waals surface area contributed by atoms with Crippen LogP contribution in [-0.4, -0.2) is 18.0 Å². The van der Waals surface area contributed by atoms with Crippen molar-refractivity contribution in [3.05, 3.63) is 28.3 Å². The summed E-state index contributed by atoms with van der Waals surface area (Å²) in [5.41, 5.74) is 6.39. The Morgan fingerprint density at radius 2 is 2.29 bits per heavy atom. The van der Waals surface area contributed by atoms with E-state index in [-0.39, 0.29) is 17.4 Å². The molecule has 1 atom stereocenters. The Labute approximate surface area is 99.4 Å². The zero-order valence-electron chi connectivity index (χ0n) is 9.75. The summed E-state index contributed by atoms with van der Waals surface area (Å²) in [7, 11) is 1.82. The number of nitrogens with two attached hydrogens (primary N) is 1. The van der Waals surface area contributed by atoms with Crippen molar-refractivity contribution in [3.8, 4) is 6.07 Å². The molecule has 6 nitrogen and oxygen atoms in total. The molecule has 6 heteroatoms. The van der Waals surface area contributed by atoms with E-state index in [1.54, 1.807) is 12.1 Å². The van der Waals surface area contributed by atoms with Gasteiger partial charge in [-0.2, -0.15) is 5.26 Å². The number of nitrogen functional groups attached to an aromatic ring is 1. The molecule has 1 aromatic rings. The third kappa shape index (κ3) is 2.84. The SMILES string of the molecule is CC(CC#N)N(C)c1ccc([N+](=O)[O-])c(N)c1. The van der Waals surface area contributed by atoms with Gasteiger partial charge in [0, 0.05) is 24.8 Å². The maximum atomic E-state index is 10.6. The molecule has 0 heterocycles. The second kappa shape index (κ2) is 5.16. The molecule has 2 N–H and O–H groups in total. The number of hydrogen-bond donors (Lipinski definition) is 1. The quantitative estimate of drug-likeness (QED) is 0.487. The van der Waals surface area contributed by atoms with Crippen LogP contribution in [0.3, 0.4) is 0 Å². The Bertz CT molecular complexity index is 467. The van der Waals surface area contributed by atoms with Crippen LogP contribution < -0.4 is 10.6 Å². The van der Waals surface area contributed by atoms with Crippen molar-refractivity contribution in [1.82, 2.24) is 0 Å². The van der Waals surface area contributed by atoms with Gasteiger partial charge in [-0.25, -0.2) is 0 Å². The second-order valence-electron chi connectivity index (χ2n) is 3.82. The molecule has 1 unspecified atom stereocenters. The lowest BCUT2D eigenvalue weighted by molar-refractivity contribution is -0.383. The molecule has 0 radical (unpaired) electrons. The molecule has 0 amide bonds. The Balaban J connectivity index is 2.98. The summed E-state index contributed by atoms with van der Waals surface area (Å²) in [6, 6.07) is 6.66. The molecule has 1 aromatic carbocycles. The van der Waals surface area contributed by atoms with E-state index >= 15 is 0 Å². The van der Waals surface area contributed by atoms with Crippen LogP contribution in [0.25, 0.3) is 0 Å². The smallest absolute Gasteiger partial charge is 0.292 e. The Morgan fingerprint density at radius 1 is 1.65 bits per heavy atom. The van der Waals surface area contributed by atoms with Crippen LogP contribution in [0.5, 0.6) is 0 Å². The molecular formula is C11H14N4O2. The molecule has 0 saturated heterocycles. The number of hydrogen-bond acceptors (Lipinski definition) is 5. The fourth-order valence-electron chi connectivity index (χ4n) is 1.45. The van der Waals surface area contributed by atoms with Gasteiger partial charge in [-0.15, -0.1) is 0 Å². The largest absolute Gasteiger partial charge is 0.393 e. The minimum Gasteiger partial charge on any atom is -0.393 e. The first-order valence-electron chi connectivity index (χ1n) is 5.11. The molecule has 0 aliphatic carbocycles. The first kappa shape index (κ1) is 12.8. The van der Waals surface area contributed by atoms with Crippen LogP contribution in [0.2, 0.25) is 0 Å². The van der Waals surface area contributed by atoms with Gasteiger partial charge in [0.25, 0.3) is 5.69 Å². The van der Waals surface area contributed by atoms with E-state index in [9.17, 15) is 10.1 Å².